The van der Waals surface area contributed by atoms with Gasteiger partial charge in [-0.25, -0.2) is 0 Å². The number of piperidine rings is 1. The lowest BCUT2D eigenvalue weighted by Gasteiger charge is -2.31. The van der Waals surface area contributed by atoms with Crippen LogP contribution in [-0.4, -0.2) is 46.7 Å². The van der Waals surface area contributed by atoms with E-state index in [2.05, 4.69) is 0 Å². The van der Waals surface area contributed by atoms with E-state index in [1.807, 2.05) is 0 Å². The molecule has 0 aliphatic carbocycles. The van der Waals surface area contributed by atoms with E-state index in [4.69, 9.17) is 4.74 Å². The molecule has 0 unspecified atom stereocenters. The number of phenols is 2. The number of ether oxygens (including phenoxy) is 1. The number of nitrogens with zero attached hydrogens (tertiary/aromatic N) is 1. The van der Waals surface area contributed by atoms with Gasteiger partial charge in [-0.05, 0) is 31.9 Å². The van der Waals surface area contributed by atoms with Crippen molar-refractivity contribution in [3.8, 4) is 11.5 Å². The van der Waals surface area contributed by atoms with E-state index in [1.165, 1.54) is 23.1 Å². The summed E-state index contributed by atoms with van der Waals surface area (Å²) in [6, 6.07) is 4.25. The number of para-hydroxylation sites is 1. The lowest BCUT2D eigenvalue weighted by molar-refractivity contribution is -0.149. The van der Waals surface area contributed by atoms with Crippen molar-refractivity contribution in [1.82, 2.24) is 4.90 Å². The maximum Gasteiger partial charge on any atom is 0.310 e. The average Bonchev–Trinajstić information content (AvgIpc) is 2.50. The van der Waals surface area contributed by atoms with Crippen LogP contribution in [0.3, 0.4) is 0 Å². The maximum atomic E-state index is 12.4. The summed E-state index contributed by atoms with van der Waals surface area (Å²) in [5, 5.41) is 19.2. The third-order valence-electron chi connectivity index (χ3n) is 3.57. The first-order chi connectivity index (χ1) is 10.0. The van der Waals surface area contributed by atoms with Crippen molar-refractivity contribution in [2.24, 2.45) is 5.92 Å². The van der Waals surface area contributed by atoms with Crippen LogP contribution in [0.2, 0.25) is 0 Å². The van der Waals surface area contributed by atoms with Gasteiger partial charge in [0.2, 0.25) is 0 Å². The average molecular weight is 293 g/mol. The summed E-state index contributed by atoms with van der Waals surface area (Å²) in [5.41, 5.74) is 0.0412. The van der Waals surface area contributed by atoms with Crippen LogP contribution in [0.15, 0.2) is 18.2 Å². The number of aromatic hydroxyl groups is 2. The molecule has 1 amide bonds. The van der Waals surface area contributed by atoms with E-state index in [1.54, 1.807) is 6.92 Å². The minimum Gasteiger partial charge on any atom is -0.504 e. The summed E-state index contributed by atoms with van der Waals surface area (Å²) in [6.07, 6.45) is 1.39. The number of carbonyl (C=O) groups excluding carboxylic acids is 2. The highest BCUT2D eigenvalue weighted by molar-refractivity contribution is 5.97. The topological polar surface area (TPSA) is 87.1 Å². The molecule has 1 saturated heterocycles. The zero-order valence-corrected chi connectivity index (χ0v) is 11.9. The van der Waals surface area contributed by atoms with Gasteiger partial charge in [-0.15, -0.1) is 0 Å². The van der Waals surface area contributed by atoms with Crippen LogP contribution in [0.1, 0.15) is 30.1 Å². The number of rotatable bonds is 3. The number of hydrogen-bond donors (Lipinski definition) is 2. The first-order valence-electron chi connectivity index (χ1n) is 7.01. The normalized spacial score (nSPS) is 18.3. The standard InChI is InChI=1S/C15H19NO5/c1-2-21-15(20)10-5-4-8-16(9-10)14(19)11-6-3-7-12(17)13(11)18/h3,6-7,10,17-18H,2,4-5,8-9H2,1H3/t10-/m0/s1. The molecule has 1 atom stereocenters. The largest absolute Gasteiger partial charge is 0.504 e. The third-order valence-corrected chi connectivity index (χ3v) is 3.57. The van der Waals surface area contributed by atoms with Gasteiger partial charge in [0, 0.05) is 13.1 Å². The number of esters is 1. The highest BCUT2D eigenvalue weighted by atomic mass is 16.5. The summed E-state index contributed by atoms with van der Waals surface area (Å²) in [6.45, 7) is 2.85. The van der Waals surface area contributed by atoms with Crippen molar-refractivity contribution in [3.05, 3.63) is 23.8 Å². The molecule has 1 fully saturated rings. The Morgan fingerprint density at radius 2 is 2.14 bits per heavy atom. The first-order valence-corrected chi connectivity index (χ1v) is 7.01. The molecule has 1 aromatic carbocycles. The van der Waals surface area contributed by atoms with Crippen molar-refractivity contribution in [2.75, 3.05) is 19.7 Å². The van der Waals surface area contributed by atoms with Crippen LogP contribution in [0.25, 0.3) is 0 Å². The number of hydrogen-bond acceptors (Lipinski definition) is 5. The van der Waals surface area contributed by atoms with Gasteiger partial charge in [-0.2, -0.15) is 0 Å². The van der Waals surface area contributed by atoms with Gasteiger partial charge in [0.25, 0.3) is 5.91 Å². The number of carbonyl (C=O) groups is 2. The SMILES string of the molecule is CCOC(=O)[C@H]1CCCN(C(=O)c2cccc(O)c2O)C1. The molecule has 21 heavy (non-hydrogen) atoms. The predicted molar refractivity (Wildman–Crippen MR) is 75.0 cm³/mol. The van der Waals surface area contributed by atoms with Gasteiger partial charge < -0.3 is 19.8 Å². The molecular formula is C15H19NO5. The summed E-state index contributed by atoms with van der Waals surface area (Å²) in [7, 11) is 0. The molecule has 1 aliphatic heterocycles. The summed E-state index contributed by atoms with van der Waals surface area (Å²) in [5.74, 6) is -1.78. The van der Waals surface area contributed by atoms with Gasteiger partial charge in [0.05, 0.1) is 18.1 Å². The van der Waals surface area contributed by atoms with Crippen LogP contribution in [0.5, 0.6) is 11.5 Å². The molecule has 1 aliphatic rings. The monoisotopic (exact) mass is 293 g/mol. The zero-order valence-electron chi connectivity index (χ0n) is 11.9. The third kappa shape index (κ3) is 3.26. The Kier molecular flexibility index (Phi) is 4.67. The quantitative estimate of drug-likeness (QED) is 0.651. The van der Waals surface area contributed by atoms with Gasteiger partial charge in [0.1, 0.15) is 0 Å². The second-order valence-electron chi connectivity index (χ2n) is 5.02. The van der Waals surface area contributed by atoms with E-state index in [0.717, 1.165) is 0 Å². The van der Waals surface area contributed by atoms with E-state index in [-0.39, 0.29) is 29.7 Å². The Labute approximate surface area is 122 Å². The lowest BCUT2D eigenvalue weighted by atomic mass is 9.97. The van der Waals surface area contributed by atoms with Gasteiger partial charge >= 0.3 is 5.97 Å². The van der Waals surface area contributed by atoms with Gasteiger partial charge in [-0.3, -0.25) is 9.59 Å². The number of phenolic OH excluding ortho intramolecular Hbond substituents is 2. The molecular weight excluding hydrogens is 274 g/mol. The molecule has 1 aromatic rings. The number of benzene rings is 1. The minimum atomic E-state index is -0.430. The summed E-state index contributed by atoms with van der Waals surface area (Å²) >= 11 is 0. The van der Waals surface area contributed by atoms with Crippen molar-refractivity contribution in [2.45, 2.75) is 19.8 Å². The van der Waals surface area contributed by atoms with Crippen molar-refractivity contribution >= 4 is 11.9 Å². The Bertz CT molecular complexity index is 543. The maximum absolute atomic E-state index is 12.4. The van der Waals surface area contributed by atoms with Gasteiger partial charge in [0.15, 0.2) is 11.5 Å². The Balaban J connectivity index is 2.12. The molecule has 2 rings (SSSR count). The van der Waals surface area contributed by atoms with E-state index >= 15 is 0 Å². The second-order valence-corrected chi connectivity index (χ2v) is 5.02. The van der Waals surface area contributed by atoms with Gasteiger partial charge in [-0.1, -0.05) is 6.07 Å². The van der Waals surface area contributed by atoms with Crippen LogP contribution in [-0.2, 0) is 9.53 Å². The second kappa shape index (κ2) is 6.47. The first kappa shape index (κ1) is 15.2. The molecule has 0 radical (unpaired) electrons. The highest BCUT2D eigenvalue weighted by Gasteiger charge is 2.30. The molecule has 0 saturated carbocycles. The van der Waals surface area contributed by atoms with E-state index in [9.17, 15) is 19.8 Å². The smallest absolute Gasteiger partial charge is 0.310 e. The molecule has 114 valence electrons. The van der Waals surface area contributed by atoms with Crippen LogP contribution in [0, 0.1) is 5.92 Å². The molecule has 0 bridgehead atoms. The predicted octanol–water partition coefficient (Wildman–Crippen LogP) is 1.51. The Morgan fingerprint density at radius 1 is 1.38 bits per heavy atom. The molecule has 0 spiro atoms. The molecule has 1 heterocycles. The van der Waals surface area contributed by atoms with Crippen molar-refractivity contribution in [3.63, 3.8) is 0 Å². The molecule has 6 heteroatoms. The minimum absolute atomic E-state index is 0.0412. The van der Waals surface area contributed by atoms with Crippen LogP contribution < -0.4 is 0 Å². The zero-order chi connectivity index (χ0) is 15.4. The van der Waals surface area contributed by atoms with E-state index in [0.29, 0.717) is 26.0 Å². The fourth-order valence-corrected chi connectivity index (χ4v) is 2.49. The Morgan fingerprint density at radius 3 is 2.86 bits per heavy atom. The molecule has 2 N–H and O–H groups in total. The van der Waals surface area contributed by atoms with E-state index < -0.39 is 11.7 Å². The lowest BCUT2D eigenvalue weighted by Crippen LogP contribution is -2.42. The van der Waals surface area contributed by atoms with Crippen LogP contribution in [0.4, 0.5) is 0 Å². The number of likely N-dealkylation sites (tertiary alicyclic amines) is 1. The highest BCUT2D eigenvalue weighted by Crippen LogP contribution is 2.30. The van der Waals surface area contributed by atoms with Crippen LogP contribution >= 0.6 is 0 Å². The molecule has 0 aromatic heterocycles. The fourth-order valence-electron chi connectivity index (χ4n) is 2.49. The molecule has 6 nitrogen and oxygen atoms in total. The Hall–Kier alpha value is -2.24. The number of amides is 1. The van der Waals surface area contributed by atoms with Crippen molar-refractivity contribution < 1.29 is 24.5 Å². The summed E-state index contributed by atoms with van der Waals surface area (Å²) in [4.78, 5) is 25.7. The van der Waals surface area contributed by atoms with Crippen molar-refractivity contribution in [1.29, 1.82) is 0 Å². The fraction of sp³-hybridized carbons (Fsp3) is 0.467. The summed E-state index contributed by atoms with van der Waals surface area (Å²) < 4.78 is 4.99.